The van der Waals surface area contributed by atoms with Gasteiger partial charge in [-0.15, -0.1) is 0 Å². The van der Waals surface area contributed by atoms with Gasteiger partial charge in [-0.3, -0.25) is 0 Å². The van der Waals surface area contributed by atoms with Gasteiger partial charge in [-0.2, -0.15) is 18.3 Å². The molecular formula is C28H28F3N7. The van der Waals surface area contributed by atoms with Gasteiger partial charge in [0.15, 0.2) is 0 Å². The first-order valence-electron chi connectivity index (χ1n) is 12.4. The maximum atomic E-state index is 13.1. The minimum absolute atomic E-state index is 0.225. The topological polar surface area (TPSA) is 96.7 Å². The second kappa shape index (κ2) is 9.59. The molecule has 0 amide bonds. The third-order valence-electron chi connectivity index (χ3n) is 7.10. The lowest BCUT2D eigenvalue weighted by molar-refractivity contribution is -0.138. The molecule has 4 aromatic rings. The van der Waals surface area contributed by atoms with Crippen LogP contribution < -0.4 is 10.6 Å². The van der Waals surface area contributed by atoms with Crippen LogP contribution in [0.15, 0.2) is 42.7 Å². The van der Waals surface area contributed by atoms with Crippen LogP contribution in [0.25, 0.3) is 16.9 Å². The number of halogens is 3. The van der Waals surface area contributed by atoms with E-state index in [2.05, 4.69) is 23.0 Å². The van der Waals surface area contributed by atoms with Gasteiger partial charge in [-0.25, -0.2) is 14.6 Å². The highest BCUT2D eigenvalue weighted by Crippen LogP contribution is 2.38. The molecule has 1 aliphatic rings. The molecule has 0 atom stereocenters. The van der Waals surface area contributed by atoms with Gasteiger partial charge in [-0.1, -0.05) is 37.3 Å². The lowest BCUT2D eigenvalue weighted by Gasteiger charge is -2.27. The molecule has 2 aromatic heterocycles. The average molecular weight is 520 g/mol. The summed E-state index contributed by atoms with van der Waals surface area (Å²) in [4.78, 5) is 9.90. The number of alkyl halides is 3. The molecule has 5 rings (SSSR count). The molecular weight excluding hydrogens is 491 g/mol. The highest BCUT2D eigenvalue weighted by Gasteiger charge is 2.33. The summed E-state index contributed by atoms with van der Waals surface area (Å²) in [5, 5.41) is 13.2. The number of anilines is 2. The molecule has 0 aliphatic carbocycles. The number of hydrogen-bond acceptors (Lipinski definition) is 6. The highest BCUT2D eigenvalue weighted by molar-refractivity contribution is 5.96. The number of aromatic nitrogens is 4. The summed E-state index contributed by atoms with van der Waals surface area (Å²) in [5.41, 5.74) is 14.1. The van der Waals surface area contributed by atoms with E-state index in [1.165, 1.54) is 6.21 Å². The maximum Gasteiger partial charge on any atom is 0.419 e. The van der Waals surface area contributed by atoms with Crippen molar-refractivity contribution in [3.05, 3.63) is 81.8 Å². The van der Waals surface area contributed by atoms with Gasteiger partial charge in [0.25, 0.3) is 0 Å². The van der Waals surface area contributed by atoms with E-state index in [9.17, 15) is 13.2 Å². The zero-order chi connectivity index (χ0) is 27.2. The predicted octanol–water partition coefficient (Wildman–Crippen LogP) is 5.67. The normalized spacial score (nSPS) is 13.5. The van der Waals surface area contributed by atoms with Crippen molar-refractivity contribution in [2.24, 2.45) is 0 Å². The molecule has 2 aromatic carbocycles. The summed E-state index contributed by atoms with van der Waals surface area (Å²) < 4.78 is 41.1. The quantitative estimate of drug-likeness (QED) is 0.262. The number of nitrogen functional groups attached to an aromatic ring is 1. The van der Waals surface area contributed by atoms with Crippen LogP contribution in [0.3, 0.4) is 0 Å². The van der Waals surface area contributed by atoms with Crippen molar-refractivity contribution < 1.29 is 13.2 Å². The molecule has 0 fully saturated rings. The fraction of sp³-hybridized carbons (Fsp3) is 0.286. The molecule has 1 aliphatic heterocycles. The summed E-state index contributed by atoms with van der Waals surface area (Å²) in [5.74, 6) is 0.225. The van der Waals surface area contributed by atoms with E-state index in [1.54, 1.807) is 0 Å². The summed E-state index contributed by atoms with van der Waals surface area (Å²) in [6, 6.07) is 10.0. The summed E-state index contributed by atoms with van der Waals surface area (Å²) in [7, 11) is 0. The van der Waals surface area contributed by atoms with Gasteiger partial charge in [0.2, 0.25) is 5.95 Å². The number of nitrogens with two attached hydrogens (primary N) is 1. The number of para-hydroxylation sites is 1. The Kier molecular flexibility index (Phi) is 6.42. The van der Waals surface area contributed by atoms with E-state index in [0.717, 1.165) is 63.7 Å². The van der Waals surface area contributed by atoms with Gasteiger partial charge < -0.3 is 16.0 Å². The van der Waals surface area contributed by atoms with Gasteiger partial charge in [-0.05, 0) is 37.0 Å². The van der Waals surface area contributed by atoms with Crippen molar-refractivity contribution in [3.63, 3.8) is 0 Å². The Hall–Kier alpha value is -4.21. The van der Waals surface area contributed by atoms with E-state index in [4.69, 9.17) is 16.2 Å². The monoisotopic (exact) mass is 519 g/mol. The van der Waals surface area contributed by atoms with Crippen LogP contribution in [-0.4, -0.2) is 32.5 Å². The molecule has 0 saturated heterocycles. The molecule has 0 saturated carbocycles. The molecule has 0 spiro atoms. The number of hydrogen-bond donors (Lipinski definition) is 2. The Morgan fingerprint density at radius 3 is 2.47 bits per heavy atom. The van der Waals surface area contributed by atoms with Crippen LogP contribution in [0.2, 0.25) is 0 Å². The Morgan fingerprint density at radius 1 is 1.08 bits per heavy atom. The zero-order valence-corrected chi connectivity index (χ0v) is 21.4. The zero-order valence-electron chi connectivity index (χ0n) is 21.4. The largest absolute Gasteiger partial charge is 0.419 e. The smallest absolute Gasteiger partial charge is 0.398 e. The molecule has 38 heavy (non-hydrogen) atoms. The molecule has 0 bridgehead atoms. The SMILES string of the molecule is CCc1cccc(C)c1-n1nc2c(c1-c1ccc(C)c(N)c1C=N)CN(c1ncc(C(F)(F)F)cn1)CC2. The van der Waals surface area contributed by atoms with Crippen LogP contribution in [0.5, 0.6) is 0 Å². The summed E-state index contributed by atoms with van der Waals surface area (Å²) >= 11 is 0. The van der Waals surface area contributed by atoms with Gasteiger partial charge in [0.05, 0.1) is 22.6 Å². The molecule has 3 heterocycles. The minimum atomic E-state index is -4.50. The van der Waals surface area contributed by atoms with Crippen molar-refractivity contribution in [1.82, 2.24) is 19.7 Å². The average Bonchev–Trinajstić information content (AvgIpc) is 3.27. The number of benzene rings is 2. The van der Waals surface area contributed by atoms with E-state index in [1.807, 2.05) is 47.7 Å². The first-order chi connectivity index (χ1) is 18.1. The number of fused-ring (bicyclic) bond motifs is 1. The number of nitrogens with one attached hydrogen (secondary N) is 1. The van der Waals surface area contributed by atoms with Crippen molar-refractivity contribution >= 4 is 17.9 Å². The Balaban J connectivity index is 1.70. The van der Waals surface area contributed by atoms with Crippen LogP contribution in [0, 0.1) is 19.3 Å². The van der Waals surface area contributed by atoms with Crippen molar-refractivity contribution in [2.75, 3.05) is 17.2 Å². The first-order valence-corrected chi connectivity index (χ1v) is 12.4. The Bertz CT molecular complexity index is 1520. The Morgan fingerprint density at radius 2 is 1.82 bits per heavy atom. The number of nitrogens with zero attached hydrogens (tertiary/aromatic N) is 5. The molecule has 7 nitrogen and oxygen atoms in total. The fourth-order valence-electron chi connectivity index (χ4n) is 5.03. The van der Waals surface area contributed by atoms with Gasteiger partial charge >= 0.3 is 6.18 Å². The molecule has 0 radical (unpaired) electrons. The van der Waals surface area contributed by atoms with Crippen LogP contribution >= 0.6 is 0 Å². The number of aryl methyl sites for hydroxylation is 3. The third-order valence-corrected chi connectivity index (χ3v) is 7.10. The van der Waals surface area contributed by atoms with E-state index < -0.39 is 11.7 Å². The van der Waals surface area contributed by atoms with E-state index in [-0.39, 0.29) is 5.95 Å². The molecule has 3 N–H and O–H groups in total. The summed E-state index contributed by atoms with van der Waals surface area (Å²) in [6.45, 7) is 6.91. The standard InChI is InChI=1S/C28H28F3N7/c1-4-18-7-5-6-17(3)25(18)38-26(20-9-8-16(2)24(33)21(20)12-32)22-15-37(11-10-23(22)36-38)27-34-13-19(14-35-27)28(29,30)31/h5-9,12-14,32H,4,10-11,15,33H2,1-3H3. The van der Waals surface area contributed by atoms with Crippen LogP contribution in [0.1, 0.15) is 46.0 Å². The lowest BCUT2D eigenvalue weighted by Crippen LogP contribution is -2.31. The van der Waals surface area contributed by atoms with Crippen molar-refractivity contribution in [2.45, 2.75) is 46.3 Å². The highest BCUT2D eigenvalue weighted by atomic mass is 19.4. The fourth-order valence-corrected chi connectivity index (χ4v) is 5.03. The third kappa shape index (κ3) is 4.29. The van der Waals surface area contributed by atoms with Crippen LogP contribution in [-0.2, 0) is 25.6 Å². The van der Waals surface area contributed by atoms with Crippen molar-refractivity contribution in [1.29, 1.82) is 5.41 Å². The van der Waals surface area contributed by atoms with Gasteiger partial charge in [0.1, 0.15) is 0 Å². The molecule has 10 heteroatoms. The van der Waals surface area contributed by atoms with E-state index >= 15 is 0 Å². The predicted molar refractivity (Wildman–Crippen MR) is 142 cm³/mol. The first kappa shape index (κ1) is 25.4. The van der Waals surface area contributed by atoms with E-state index in [0.29, 0.717) is 30.8 Å². The Labute approximate surface area is 218 Å². The number of rotatable bonds is 5. The summed E-state index contributed by atoms with van der Waals surface area (Å²) in [6.07, 6.45) is -0.234. The molecule has 196 valence electrons. The van der Waals surface area contributed by atoms with Crippen molar-refractivity contribution in [3.8, 4) is 16.9 Å². The lowest BCUT2D eigenvalue weighted by atomic mass is 9.94. The van der Waals surface area contributed by atoms with Gasteiger partial charge in [0, 0.05) is 60.5 Å². The second-order valence-electron chi connectivity index (χ2n) is 9.46. The minimum Gasteiger partial charge on any atom is -0.398 e. The second-order valence-corrected chi connectivity index (χ2v) is 9.46. The maximum absolute atomic E-state index is 13.1. The van der Waals surface area contributed by atoms with Crippen LogP contribution in [0.4, 0.5) is 24.8 Å². The molecule has 0 unspecified atom stereocenters.